The minimum atomic E-state index is -1.01. The second-order valence-corrected chi connectivity index (χ2v) is 6.59. The maximum atomic E-state index is 13.3. The molecule has 25 heavy (non-hydrogen) atoms. The van der Waals surface area contributed by atoms with Gasteiger partial charge in [0.15, 0.2) is 17.3 Å². The first kappa shape index (κ1) is 20.7. The summed E-state index contributed by atoms with van der Waals surface area (Å²) in [6, 6.07) is 7.63. The van der Waals surface area contributed by atoms with E-state index >= 15 is 0 Å². The van der Waals surface area contributed by atoms with E-state index in [0.717, 1.165) is 12.1 Å². The third-order valence-corrected chi connectivity index (χ3v) is 3.64. The Morgan fingerprint density at radius 1 is 0.840 bits per heavy atom. The average Bonchev–Trinajstić information content (AvgIpc) is 2.43. The summed E-state index contributed by atoms with van der Waals surface area (Å²) in [5, 5.41) is 18.2. The summed E-state index contributed by atoms with van der Waals surface area (Å²) >= 11 is 0. The molecule has 0 aliphatic carbocycles. The van der Waals surface area contributed by atoms with Gasteiger partial charge in [0.25, 0.3) is 0 Å². The van der Waals surface area contributed by atoms with Crippen LogP contribution in [0.5, 0.6) is 11.5 Å². The van der Waals surface area contributed by atoms with Gasteiger partial charge in [-0.15, -0.1) is 0 Å². The van der Waals surface area contributed by atoms with Crippen LogP contribution < -0.4 is 16.2 Å². The van der Waals surface area contributed by atoms with E-state index in [1.54, 1.807) is 33.8 Å². The lowest BCUT2D eigenvalue weighted by Gasteiger charge is -2.31. The zero-order valence-corrected chi connectivity index (χ0v) is 14.7. The molecule has 5 nitrogen and oxygen atoms in total. The van der Waals surface area contributed by atoms with Gasteiger partial charge in [-0.3, -0.25) is 0 Å². The van der Waals surface area contributed by atoms with Gasteiger partial charge in [-0.25, -0.2) is 8.78 Å². The summed E-state index contributed by atoms with van der Waals surface area (Å²) in [7, 11) is 0. The molecule has 0 saturated heterocycles. The van der Waals surface area contributed by atoms with Crippen LogP contribution in [0.1, 0.15) is 27.7 Å². The van der Waals surface area contributed by atoms with E-state index in [0.29, 0.717) is 5.69 Å². The fourth-order valence-electron chi connectivity index (χ4n) is 1.34. The number of ether oxygens (including phenoxy) is 1. The van der Waals surface area contributed by atoms with Gasteiger partial charge in [-0.05, 0) is 58.0 Å². The molecule has 2 aromatic rings. The highest BCUT2D eigenvalue weighted by atomic mass is 19.1. The minimum absolute atomic E-state index is 0.0946. The smallest absolute Gasteiger partial charge is 0.168 e. The van der Waals surface area contributed by atoms with Crippen molar-refractivity contribution in [1.29, 1.82) is 0 Å². The largest absolute Gasteiger partial charge is 0.452 e. The lowest BCUT2D eigenvalue weighted by Crippen LogP contribution is -2.44. The first-order chi connectivity index (χ1) is 11.3. The third kappa shape index (κ3) is 6.21. The van der Waals surface area contributed by atoms with E-state index in [9.17, 15) is 8.78 Å². The Hall–Kier alpha value is -2.38. The van der Waals surface area contributed by atoms with Crippen LogP contribution in [0.3, 0.4) is 0 Å². The molecular weight excluding hydrogens is 330 g/mol. The topological polar surface area (TPSA) is 102 Å². The number of hydrogen-bond acceptors (Lipinski definition) is 5. The molecule has 0 spiro atoms. The van der Waals surface area contributed by atoms with Crippen molar-refractivity contribution in [3.8, 4) is 11.5 Å². The predicted molar refractivity (Wildman–Crippen MR) is 94.3 cm³/mol. The van der Waals surface area contributed by atoms with E-state index in [2.05, 4.69) is 0 Å². The maximum Gasteiger partial charge on any atom is 0.168 e. The Balaban J connectivity index is 0.000000333. The second-order valence-electron chi connectivity index (χ2n) is 6.59. The van der Waals surface area contributed by atoms with Crippen LogP contribution in [0.15, 0.2) is 36.4 Å². The lowest BCUT2D eigenvalue weighted by molar-refractivity contribution is -0.107. The molecule has 7 heteroatoms. The van der Waals surface area contributed by atoms with Gasteiger partial charge in [-0.2, -0.15) is 0 Å². The molecule has 6 N–H and O–H groups in total. The molecule has 0 aromatic heterocycles. The molecule has 2 aromatic carbocycles. The van der Waals surface area contributed by atoms with Crippen molar-refractivity contribution in [2.24, 2.45) is 0 Å². The number of rotatable bonds is 3. The number of nitrogen functional groups attached to an aromatic ring is 2. The number of anilines is 2. The molecule has 0 radical (unpaired) electrons. The van der Waals surface area contributed by atoms with Gasteiger partial charge >= 0.3 is 0 Å². The van der Waals surface area contributed by atoms with Crippen LogP contribution in [0.2, 0.25) is 0 Å². The second kappa shape index (κ2) is 7.67. The van der Waals surface area contributed by atoms with Crippen molar-refractivity contribution in [2.45, 2.75) is 38.9 Å². The fourth-order valence-corrected chi connectivity index (χ4v) is 1.34. The quantitative estimate of drug-likeness (QED) is 0.633. The molecule has 0 amide bonds. The molecule has 0 unspecified atom stereocenters. The molecule has 0 bridgehead atoms. The Morgan fingerprint density at radius 2 is 1.36 bits per heavy atom. The van der Waals surface area contributed by atoms with Crippen LogP contribution in [0.25, 0.3) is 0 Å². The van der Waals surface area contributed by atoms with E-state index < -0.39 is 22.8 Å². The van der Waals surface area contributed by atoms with E-state index in [1.807, 2.05) is 0 Å². The van der Waals surface area contributed by atoms with Crippen molar-refractivity contribution in [3.05, 3.63) is 48.0 Å². The van der Waals surface area contributed by atoms with Crippen molar-refractivity contribution >= 4 is 11.4 Å². The minimum Gasteiger partial charge on any atom is -0.452 e. The van der Waals surface area contributed by atoms with Gasteiger partial charge in [0.2, 0.25) is 0 Å². The summed E-state index contributed by atoms with van der Waals surface area (Å²) < 4.78 is 31.2. The van der Waals surface area contributed by atoms with E-state index in [1.165, 1.54) is 18.2 Å². The van der Waals surface area contributed by atoms with Crippen molar-refractivity contribution in [1.82, 2.24) is 0 Å². The summed E-state index contributed by atoms with van der Waals surface area (Å²) in [5.74, 6) is -1.28. The molecule has 0 atom stereocenters. The van der Waals surface area contributed by atoms with Crippen LogP contribution >= 0.6 is 0 Å². The first-order valence-corrected chi connectivity index (χ1v) is 7.54. The van der Waals surface area contributed by atoms with Crippen LogP contribution in [-0.2, 0) is 0 Å². The lowest BCUT2D eigenvalue weighted by atomic mass is 9.90. The third-order valence-electron chi connectivity index (χ3n) is 3.64. The Bertz CT molecular complexity index is 662. The number of halogens is 2. The van der Waals surface area contributed by atoms with Crippen molar-refractivity contribution < 1.29 is 23.7 Å². The highest BCUT2D eigenvalue weighted by Gasteiger charge is 2.31. The van der Waals surface area contributed by atoms with Crippen LogP contribution in [-0.4, -0.2) is 21.4 Å². The summed E-state index contributed by atoms with van der Waals surface area (Å²) in [4.78, 5) is 0. The highest BCUT2D eigenvalue weighted by Crippen LogP contribution is 2.30. The van der Waals surface area contributed by atoms with Crippen molar-refractivity contribution in [3.63, 3.8) is 0 Å². The zero-order valence-electron chi connectivity index (χ0n) is 14.7. The van der Waals surface area contributed by atoms with Crippen LogP contribution in [0, 0.1) is 11.6 Å². The summed E-state index contributed by atoms with van der Waals surface area (Å²) in [6.45, 7) is 6.31. The Morgan fingerprint density at radius 3 is 1.80 bits per heavy atom. The number of hydrogen-bond donors (Lipinski definition) is 4. The molecule has 0 aliphatic heterocycles. The molecule has 0 saturated carbocycles. The molecule has 0 fully saturated rings. The molecule has 0 aliphatic rings. The monoisotopic (exact) mass is 354 g/mol. The standard InChI is InChI=1S/C12H10F2N2O.C6H14O2/c13-7-1-3-11(9(14)5-7)17-12-4-2-8(15)6-10(12)16;1-5(2,7)6(3,4)8/h1-6H,15-16H2;7-8H,1-4H3. The summed E-state index contributed by atoms with van der Waals surface area (Å²) in [6.07, 6.45) is 0. The van der Waals surface area contributed by atoms with Gasteiger partial charge in [0, 0.05) is 11.8 Å². The molecular formula is C18H24F2N2O3. The van der Waals surface area contributed by atoms with E-state index in [-0.39, 0.29) is 17.2 Å². The van der Waals surface area contributed by atoms with Crippen LogP contribution in [0.4, 0.5) is 20.2 Å². The zero-order chi connectivity index (χ0) is 19.4. The SMILES string of the molecule is CC(C)(O)C(C)(C)O.Nc1ccc(Oc2ccc(F)cc2F)c(N)c1. The number of nitrogens with two attached hydrogens (primary N) is 2. The van der Waals surface area contributed by atoms with Gasteiger partial charge in [0.05, 0.1) is 16.9 Å². The van der Waals surface area contributed by atoms with Crippen molar-refractivity contribution in [2.75, 3.05) is 11.5 Å². The fraction of sp³-hybridized carbons (Fsp3) is 0.333. The van der Waals surface area contributed by atoms with Gasteiger partial charge < -0.3 is 26.4 Å². The predicted octanol–water partition coefficient (Wildman–Crippen LogP) is 3.45. The Kier molecular flexibility index (Phi) is 6.34. The van der Waals surface area contributed by atoms with E-state index in [4.69, 9.17) is 26.4 Å². The average molecular weight is 354 g/mol. The molecule has 2 rings (SSSR count). The normalized spacial score (nSPS) is 11.5. The number of benzene rings is 2. The maximum absolute atomic E-state index is 13.3. The first-order valence-electron chi connectivity index (χ1n) is 7.54. The molecule has 138 valence electrons. The highest BCUT2D eigenvalue weighted by molar-refractivity contribution is 5.61. The number of aliphatic hydroxyl groups is 2. The van der Waals surface area contributed by atoms with Gasteiger partial charge in [0.1, 0.15) is 5.82 Å². The van der Waals surface area contributed by atoms with Gasteiger partial charge in [-0.1, -0.05) is 0 Å². The molecule has 0 heterocycles. The summed E-state index contributed by atoms with van der Waals surface area (Å²) in [5.41, 5.74) is 9.91. The Labute approximate surface area is 145 Å².